The first-order valence-electron chi connectivity index (χ1n) is 5.85. The fraction of sp³-hybridized carbons (Fsp3) is 0.0667. The smallest absolute Gasteiger partial charge is 0.111 e. The molecule has 3 heteroatoms. The number of para-hydroxylation sites is 1. The van der Waals surface area contributed by atoms with Crippen LogP contribution < -0.4 is 0 Å². The van der Waals surface area contributed by atoms with Crippen molar-refractivity contribution in [3.05, 3.63) is 60.8 Å². The van der Waals surface area contributed by atoms with Gasteiger partial charge in [-0.25, -0.2) is 0 Å². The highest BCUT2D eigenvalue weighted by molar-refractivity contribution is 5.91. The van der Waals surface area contributed by atoms with E-state index in [1.165, 1.54) is 5.52 Å². The van der Waals surface area contributed by atoms with Crippen LogP contribution in [0.15, 0.2) is 71.0 Å². The highest BCUT2D eigenvalue weighted by Gasteiger charge is 2.04. The van der Waals surface area contributed by atoms with Crippen LogP contribution >= 0.6 is 0 Å². The van der Waals surface area contributed by atoms with Gasteiger partial charge >= 0.3 is 0 Å². The van der Waals surface area contributed by atoms with Gasteiger partial charge in [0.25, 0.3) is 0 Å². The van der Waals surface area contributed by atoms with E-state index in [9.17, 15) is 0 Å². The third-order valence-corrected chi connectivity index (χ3v) is 2.91. The van der Waals surface area contributed by atoms with Gasteiger partial charge in [0, 0.05) is 18.6 Å². The van der Waals surface area contributed by atoms with Crippen LogP contribution in [-0.2, 0) is 7.05 Å². The fourth-order valence-electron chi connectivity index (χ4n) is 2.01. The van der Waals surface area contributed by atoms with E-state index >= 15 is 0 Å². The normalized spacial score (nSPS) is 11.4. The highest BCUT2D eigenvalue weighted by atomic mass is 15.1. The van der Waals surface area contributed by atoms with Crippen molar-refractivity contribution >= 4 is 22.3 Å². The van der Waals surface area contributed by atoms with Crippen molar-refractivity contribution in [3.63, 3.8) is 0 Å². The Hall–Kier alpha value is -2.42. The molecule has 0 saturated carbocycles. The van der Waals surface area contributed by atoms with E-state index in [0.29, 0.717) is 0 Å². The van der Waals surface area contributed by atoms with E-state index in [1.807, 2.05) is 55.7 Å². The summed E-state index contributed by atoms with van der Waals surface area (Å²) in [6.45, 7) is 0. The van der Waals surface area contributed by atoms with E-state index < -0.39 is 0 Å². The van der Waals surface area contributed by atoms with E-state index in [4.69, 9.17) is 0 Å². The van der Waals surface area contributed by atoms with Gasteiger partial charge < -0.3 is 4.57 Å². The van der Waals surface area contributed by atoms with Crippen LogP contribution in [0.25, 0.3) is 10.9 Å². The van der Waals surface area contributed by atoms with E-state index in [0.717, 1.165) is 16.8 Å². The summed E-state index contributed by atoms with van der Waals surface area (Å²) in [4.78, 5) is 0. The molecule has 2 aromatic carbocycles. The number of rotatable bonds is 2. The second-order valence-corrected chi connectivity index (χ2v) is 4.18. The number of nitrogens with zero attached hydrogens (tertiary/aromatic N) is 3. The molecule has 0 aliphatic carbocycles. The fourth-order valence-corrected chi connectivity index (χ4v) is 2.01. The Kier molecular flexibility index (Phi) is 2.65. The molecule has 1 aromatic heterocycles. The average Bonchev–Trinajstić information content (AvgIpc) is 2.75. The van der Waals surface area contributed by atoms with Crippen molar-refractivity contribution < 1.29 is 0 Å². The monoisotopic (exact) mass is 235 g/mol. The maximum Gasteiger partial charge on any atom is 0.111 e. The summed E-state index contributed by atoms with van der Waals surface area (Å²) in [5, 5.41) is 9.71. The maximum absolute atomic E-state index is 4.33. The summed E-state index contributed by atoms with van der Waals surface area (Å²) >= 11 is 0. The average molecular weight is 235 g/mol. The van der Waals surface area contributed by atoms with Crippen LogP contribution in [0.5, 0.6) is 0 Å². The Labute approximate surface area is 105 Å². The van der Waals surface area contributed by atoms with Gasteiger partial charge in [-0.1, -0.05) is 36.4 Å². The molecule has 0 saturated heterocycles. The minimum absolute atomic E-state index is 0.866. The molecule has 88 valence electrons. The quantitative estimate of drug-likeness (QED) is 0.581. The Bertz CT molecular complexity index is 696. The zero-order valence-electron chi connectivity index (χ0n) is 10.1. The van der Waals surface area contributed by atoms with E-state index in [1.54, 1.807) is 0 Å². The molecule has 0 aliphatic rings. The predicted octanol–water partition coefficient (Wildman–Crippen LogP) is 4.59. The van der Waals surface area contributed by atoms with E-state index in [2.05, 4.69) is 26.9 Å². The Balaban J connectivity index is 2.03. The van der Waals surface area contributed by atoms with Crippen LogP contribution in [-0.4, -0.2) is 4.57 Å². The molecule has 0 unspecified atom stereocenters. The van der Waals surface area contributed by atoms with Crippen molar-refractivity contribution in [3.8, 4) is 0 Å². The molecule has 1 heterocycles. The minimum atomic E-state index is 0.866. The molecule has 0 spiro atoms. The van der Waals surface area contributed by atoms with Gasteiger partial charge in [0.1, 0.15) is 5.69 Å². The lowest BCUT2D eigenvalue weighted by Crippen LogP contribution is -1.81. The number of hydrogen-bond acceptors (Lipinski definition) is 2. The van der Waals surface area contributed by atoms with Crippen LogP contribution in [0.1, 0.15) is 0 Å². The summed E-state index contributed by atoms with van der Waals surface area (Å²) in [5.74, 6) is 0. The lowest BCUT2D eigenvalue weighted by molar-refractivity contribution is 0.967. The summed E-state index contributed by atoms with van der Waals surface area (Å²) in [6.07, 6.45) is 2.00. The first kappa shape index (κ1) is 10.7. The molecular weight excluding hydrogens is 222 g/mol. The number of hydrogen-bond donors (Lipinski definition) is 0. The second-order valence-electron chi connectivity index (χ2n) is 4.18. The number of aromatic nitrogens is 1. The van der Waals surface area contributed by atoms with Gasteiger partial charge in [-0.2, -0.15) is 5.11 Å². The standard InChI is InChI=1S/C15H13N3/c1-18-11-14(13-9-5-6-10-15(13)18)17-16-12-7-3-2-4-8-12/h2-11H,1H3. The van der Waals surface area contributed by atoms with Crippen molar-refractivity contribution in [1.29, 1.82) is 0 Å². The maximum atomic E-state index is 4.33. The zero-order valence-corrected chi connectivity index (χ0v) is 10.1. The SMILES string of the molecule is Cn1cc(N=Nc2ccccc2)c2ccccc21. The van der Waals surface area contributed by atoms with Gasteiger partial charge in [0.15, 0.2) is 0 Å². The Morgan fingerprint density at radius 3 is 2.39 bits per heavy atom. The van der Waals surface area contributed by atoms with Crippen LogP contribution in [0.2, 0.25) is 0 Å². The molecule has 0 radical (unpaired) electrons. The Morgan fingerprint density at radius 1 is 0.833 bits per heavy atom. The first-order valence-corrected chi connectivity index (χ1v) is 5.85. The number of azo groups is 1. The molecule has 0 aliphatic heterocycles. The van der Waals surface area contributed by atoms with Crippen LogP contribution in [0.3, 0.4) is 0 Å². The molecule has 0 fully saturated rings. The largest absolute Gasteiger partial charge is 0.348 e. The van der Waals surface area contributed by atoms with Crippen molar-refractivity contribution in [1.82, 2.24) is 4.57 Å². The van der Waals surface area contributed by atoms with Crippen LogP contribution in [0.4, 0.5) is 11.4 Å². The lowest BCUT2D eigenvalue weighted by Gasteiger charge is -1.92. The van der Waals surface area contributed by atoms with Crippen molar-refractivity contribution in [2.45, 2.75) is 0 Å². The van der Waals surface area contributed by atoms with Crippen LogP contribution in [0, 0.1) is 0 Å². The zero-order chi connectivity index (χ0) is 12.4. The van der Waals surface area contributed by atoms with Gasteiger partial charge in [0.05, 0.1) is 11.2 Å². The molecule has 0 bridgehead atoms. The summed E-state index contributed by atoms with van der Waals surface area (Å²) in [5.41, 5.74) is 2.93. The molecule has 3 aromatic rings. The third kappa shape index (κ3) is 1.91. The number of fused-ring (bicyclic) bond motifs is 1. The molecule has 0 N–H and O–H groups in total. The first-order chi connectivity index (χ1) is 8.84. The van der Waals surface area contributed by atoms with Gasteiger partial charge in [-0.3, -0.25) is 0 Å². The van der Waals surface area contributed by atoms with E-state index in [-0.39, 0.29) is 0 Å². The minimum Gasteiger partial charge on any atom is -0.348 e. The number of aryl methyl sites for hydroxylation is 1. The van der Waals surface area contributed by atoms with Gasteiger partial charge in [-0.15, -0.1) is 5.11 Å². The van der Waals surface area contributed by atoms with Crippen molar-refractivity contribution in [2.75, 3.05) is 0 Å². The van der Waals surface area contributed by atoms with Crippen molar-refractivity contribution in [2.24, 2.45) is 17.3 Å². The van der Waals surface area contributed by atoms with Gasteiger partial charge in [0.2, 0.25) is 0 Å². The van der Waals surface area contributed by atoms with Gasteiger partial charge in [-0.05, 0) is 18.2 Å². The summed E-state index contributed by atoms with van der Waals surface area (Å²) in [6, 6.07) is 17.9. The number of benzene rings is 2. The second kappa shape index (κ2) is 4.45. The predicted molar refractivity (Wildman–Crippen MR) is 73.5 cm³/mol. The summed E-state index contributed by atoms with van der Waals surface area (Å²) < 4.78 is 2.06. The lowest BCUT2D eigenvalue weighted by atomic mass is 10.2. The molecule has 18 heavy (non-hydrogen) atoms. The topological polar surface area (TPSA) is 29.6 Å². The Morgan fingerprint density at radius 2 is 1.56 bits per heavy atom. The molecule has 0 atom stereocenters. The summed E-state index contributed by atoms with van der Waals surface area (Å²) in [7, 11) is 2.02. The molecular formula is C15H13N3. The molecule has 3 rings (SSSR count). The third-order valence-electron chi connectivity index (χ3n) is 2.91. The molecule has 3 nitrogen and oxygen atoms in total. The highest BCUT2D eigenvalue weighted by Crippen LogP contribution is 2.28. The molecule has 0 amide bonds.